The van der Waals surface area contributed by atoms with Crippen molar-refractivity contribution in [2.45, 2.75) is 33.8 Å². The predicted octanol–water partition coefficient (Wildman–Crippen LogP) is 8.13. The van der Waals surface area contributed by atoms with E-state index < -0.39 is 0 Å². The number of hydrogen-bond donors (Lipinski definition) is 0. The average Bonchev–Trinajstić information content (AvgIpc) is 3.26. The fraction of sp³-hybridized carbons (Fsp3) is 0.200. The summed E-state index contributed by atoms with van der Waals surface area (Å²) in [6.07, 6.45) is 2.65. The Bertz CT molecular complexity index is 1560. The second-order valence-corrected chi connectivity index (χ2v) is 11.0. The van der Waals surface area contributed by atoms with Crippen LogP contribution in [0.15, 0.2) is 107 Å². The molecule has 41 heavy (non-hydrogen) atoms. The van der Waals surface area contributed by atoms with E-state index in [2.05, 4.69) is 31.2 Å². The second kappa shape index (κ2) is 13.4. The third kappa shape index (κ3) is 7.47. The molecule has 0 radical (unpaired) electrons. The number of thioether (sulfide) groups is 1. The summed E-state index contributed by atoms with van der Waals surface area (Å²) in [5.41, 5.74) is 6.34. The summed E-state index contributed by atoms with van der Waals surface area (Å²) in [6.45, 7) is 7.57. The summed E-state index contributed by atoms with van der Waals surface area (Å²) in [4.78, 5) is 20.9. The number of amidine groups is 1. The minimum Gasteiger partial charge on any atom is -0.490 e. The van der Waals surface area contributed by atoms with Crippen LogP contribution in [0.1, 0.15) is 34.7 Å². The van der Waals surface area contributed by atoms with Crippen molar-refractivity contribution >= 4 is 34.6 Å². The Labute approximate surface area is 246 Å². The van der Waals surface area contributed by atoms with Gasteiger partial charge in [0.15, 0.2) is 16.7 Å². The Morgan fingerprint density at radius 1 is 0.805 bits per heavy atom. The van der Waals surface area contributed by atoms with E-state index in [1.165, 1.54) is 28.5 Å². The minimum atomic E-state index is -0.0467. The molecule has 5 nitrogen and oxygen atoms in total. The maximum Gasteiger partial charge on any atom is 0.266 e. The van der Waals surface area contributed by atoms with Crippen LogP contribution >= 0.6 is 11.8 Å². The second-order valence-electron chi connectivity index (χ2n) is 9.95. The largest absolute Gasteiger partial charge is 0.490 e. The summed E-state index contributed by atoms with van der Waals surface area (Å²) < 4.78 is 12.0. The first-order chi connectivity index (χ1) is 20.0. The van der Waals surface area contributed by atoms with Gasteiger partial charge in [-0.15, -0.1) is 0 Å². The zero-order valence-electron chi connectivity index (χ0n) is 23.7. The summed E-state index contributed by atoms with van der Waals surface area (Å²) in [5.74, 6) is 1.28. The monoisotopic (exact) mass is 562 g/mol. The van der Waals surface area contributed by atoms with Gasteiger partial charge in [-0.1, -0.05) is 83.9 Å². The Balaban J connectivity index is 1.39. The number of nitrogens with zero attached hydrogens (tertiary/aromatic N) is 2. The first kappa shape index (κ1) is 28.2. The number of benzene rings is 4. The fourth-order valence-corrected chi connectivity index (χ4v) is 5.54. The molecule has 1 aliphatic heterocycles. The number of carbonyl (C=O) groups excluding carboxylic acids is 1. The molecule has 0 unspecified atom stereocenters. The Morgan fingerprint density at radius 3 is 2.34 bits per heavy atom. The van der Waals surface area contributed by atoms with Gasteiger partial charge < -0.3 is 9.47 Å². The van der Waals surface area contributed by atoms with Crippen LogP contribution in [0.5, 0.6) is 11.5 Å². The summed E-state index contributed by atoms with van der Waals surface area (Å²) in [6, 6.07) is 32.3. The van der Waals surface area contributed by atoms with Gasteiger partial charge in [0.05, 0.1) is 17.2 Å². The van der Waals surface area contributed by atoms with E-state index in [1.807, 2.05) is 92.7 Å². The Kier molecular flexibility index (Phi) is 9.22. The van der Waals surface area contributed by atoms with E-state index in [0.717, 1.165) is 23.2 Å². The average molecular weight is 563 g/mol. The molecule has 1 fully saturated rings. The van der Waals surface area contributed by atoms with Crippen molar-refractivity contribution in [1.82, 2.24) is 4.90 Å². The highest BCUT2D eigenvalue weighted by atomic mass is 32.2. The number of hydrogen-bond acceptors (Lipinski definition) is 5. The van der Waals surface area contributed by atoms with Crippen molar-refractivity contribution in [3.8, 4) is 11.5 Å². The van der Waals surface area contributed by atoms with Crippen LogP contribution in [0, 0.1) is 13.8 Å². The zero-order chi connectivity index (χ0) is 28.6. The van der Waals surface area contributed by atoms with Crippen LogP contribution in [0.3, 0.4) is 0 Å². The minimum absolute atomic E-state index is 0.0467. The highest BCUT2D eigenvalue weighted by Crippen LogP contribution is 2.36. The maximum atomic E-state index is 13.7. The predicted molar refractivity (Wildman–Crippen MR) is 169 cm³/mol. The van der Waals surface area contributed by atoms with Crippen LogP contribution < -0.4 is 9.47 Å². The number of aryl methyl sites for hydroxylation is 2. The molecule has 0 atom stereocenters. The van der Waals surface area contributed by atoms with Gasteiger partial charge in [0.2, 0.25) is 0 Å². The van der Waals surface area contributed by atoms with Crippen molar-refractivity contribution in [3.63, 3.8) is 0 Å². The van der Waals surface area contributed by atoms with Crippen molar-refractivity contribution in [1.29, 1.82) is 0 Å². The van der Waals surface area contributed by atoms with Gasteiger partial charge in [0.1, 0.15) is 6.61 Å². The first-order valence-corrected chi connectivity index (χ1v) is 14.7. The molecule has 0 spiro atoms. The van der Waals surface area contributed by atoms with E-state index >= 15 is 0 Å². The van der Waals surface area contributed by atoms with Gasteiger partial charge >= 0.3 is 0 Å². The SMILES string of the molecule is CCOc1cc(/C=C2/SC(=Nc3ccc(C)cc3)N(CCc3ccccc3)C2=O)ccc1OCc1cccc(C)c1. The lowest BCUT2D eigenvalue weighted by atomic mass is 10.1. The van der Waals surface area contributed by atoms with E-state index in [4.69, 9.17) is 14.5 Å². The third-order valence-electron chi connectivity index (χ3n) is 6.66. The normalized spacial score (nSPS) is 15.1. The number of amides is 1. The van der Waals surface area contributed by atoms with Gasteiger partial charge in [-0.2, -0.15) is 0 Å². The molecule has 0 bridgehead atoms. The number of rotatable bonds is 10. The molecule has 0 saturated carbocycles. The van der Waals surface area contributed by atoms with Gasteiger partial charge in [-0.25, -0.2) is 4.99 Å². The summed E-state index contributed by atoms with van der Waals surface area (Å²) in [7, 11) is 0. The third-order valence-corrected chi connectivity index (χ3v) is 7.66. The molecule has 1 heterocycles. The van der Waals surface area contributed by atoms with Gasteiger partial charge in [0.25, 0.3) is 5.91 Å². The standard InChI is InChI=1S/C35H34N2O3S/c1-4-39-32-22-28(15-18-31(32)40-24-29-12-8-9-26(3)21-29)23-33-34(38)37(20-19-27-10-6-5-7-11-27)35(41-33)36-30-16-13-25(2)14-17-30/h5-18,21-23H,4,19-20,24H2,1-3H3/b33-23+,36-35?. The van der Waals surface area contributed by atoms with Gasteiger partial charge in [-0.3, -0.25) is 9.69 Å². The molecule has 208 valence electrons. The van der Waals surface area contributed by atoms with Gasteiger partial charge in [-0.05, 0) is 86.0 Å². The molecule has 1 aliphatic rings. The number of carbonyl (C=O) groups is 1. The lowest BCUT2D eigenvalue weighted by Crippen LogP contribution is -2.31. The molecular weight excluding hydrogens is 528 g/mol. The van der Waals surface area contributed by atoms with Crippen LogP contribution in [0.25, 0.3) is 6.08 Å². The van der Waals surface area contributed by atoms with Crippen molar-refractivity contribution in [2.75, 3.05) is 13.2 Å². The highest BCUT2D eigenvalue weighted by molar-refractivity contribution is 8.18. The maximum absolute atomic E-state index is 13.7. The quantitative estimate of drug-likeness (QED) is 0.183. The van der Waals surface area contributed by atoms with Crippen molar-refractivity contribution < 1.29 is 14.3 Å². The highest BCUT2D eigenvalue weighted by Gasteiger charge is 2.33. The van der Waals surface area contributed by atoms with E-state index in [0.29, 0.717) is 41.3 Å². The van der Waals surface area contributed by atoms with Crippen LogP contribution in [-0.4, -0.2) is 29.1 Å². The van der Waals surface area contributed by atoms with E-state index in [9.17, 15) is 4.79 Å². The summed E-state index contributed by atoms with van der Waals surface area (Å²) in [5, 5.41) is 0.684. The summed E-state index contributed by atoms with van der Waals surface area (Å²) >= 11 is 1.40. The number of aliphatic imine (C=N–C) groups is 1. The van der Waals surface area contributed by atoms with E-state index in [1.54, 1.807) is 4.90 Å². The zero-order valence-corrected chi connectivity index (χ0v) is 24.5. The van der Waals surface area contributed by atoms with Crippen molar-refractivity contribution in [3.05, 3.63) is 130 Å². The molecule has 6 heteroatoms. The molecule has 4 aromatic carbocycles. The topological polar surface area (TPSA) is 51.1 Å². The molecule has 0 aromatic heterocycles. The molecule has 0 N–H and O–H groups in total. The van der Waals surface area contributed by atoms with Gasteiger partial charge in [0, 0.05) is 6.54 Å². The molecule has 1 amide bonds. The molecule has 5 rings (SSSR count). The Hall–Kier alpha value is -4.29. The first-order valence-electron chi connectivity index (χ1n) is 13.8. The van der Waals surface area contributed by atoms with Crippen molar-refractivity contribution in [2.24, 2.45) is 4.99 Å². The molecule has 0 aliphatic carbocycles. The van der Waals surface area contributed by atoms with Crippen LogP contribution in [-0.2, 0) is 17.8 Å². The number of ether oxygens (including phenoxy) is 2. The smallest absolute Gasteiger partial charge is 0.266 e. The molecule has 1 saturated heterocycles. The van der Waals surface area contributed by atoms with Crippen LogP contribution in [0.2, 0.25) is 0 Å². The fourth-order valence-electron chi connectivity index (χ4n) is 4.52. The molecule has 4 aromatic rings. The molecular formula is C35H34N2O3S. The Morgan fingerprint density at radius 2 is 1.59 bits per heavy atom. The lowest BCUT2D eigenvalue weighted by molar-refractivity contribution is -0.122. The van der Waals surface area contributed by atoms with E-state index in [-0.39, 0.29) is 5.91 Å². The lowest BCUT2D eigenvalue weighted by Gasteiger charge is -2.15. The van der Waals surface area contributed by atoms with Crippen LogP contribution in [0.4, 0.5) is 5.69 Å².